The van der Waals surface area contributed by atoms with E-state index in [9.17, 15) is 8.78 Å². The van der Waals surface area contributed by atoms with Gasteiger partial charge in [-0.15, -0.1) is 0 Å². The molecular weight excluding hydrogens is 190 g/mol. The van der Waals surface area contributed by atoms with Crippen molar-refractivity contribution >= 4 is 11.9 Å². The summed E-state index contributed by atoms with van der Waals surface area (Å²) in [5.74, 6) is 0. The maximum absolute atomic E-state index is 11.9. The van der Waals surface area contributed by atoms with Crippen molar-refractivity contribution in [2.24, 2.45) is 11.5 Å². The van der Waals surface area contributed by atoms with E-state index in [-0.39, 0.29) is 12.1 Å². The molecule has 0 rings (SSSR count). The molecule has 0 aromatic heterocycles. The molecule has 0 aromatic rings. The molecule has 0 saturated carbocycles. The fourth-order valence-electron chi connectivity index (χ4n) is 0.708. The van der Waals surface area contributed by atoms with Crippen LogP contribution in [0.15, 0.2) is 23.5 Å². The Balaban J connectivity index is 4.41. The third-order valence-electron chi connectivity index (χ3n) is 1.38. The predicted molar refractivity (Wildman–Crippen MR) is 51.7 cm³/mol. The maximum Gasteiger partial charge on any atom is 0.279 e. The Morgan fingerprint density at radius 1 is 1.43 bits per heavy atom. The summed E-state index contributed by atoms with van der Waals surface area (Å²) in [6.45, 7) is 0. The van der Waals surface area contributed by atoms with Gasteiger partial charge in [-0.3, -0.25) is 5.41 Å². The summed E-state index contributed by atoms with van der Waals surface area (Å²) < 4.78 is 23.8. The van der Waals surface area contributed by atoms with Crippen LogP contribution in [-0.4, -0.2) is 18.4 Å². The van der Waals surface area contributed by atoms with E-state index in [2.05, 4.69) is 0 Å². The molecular formula is C8H12F2N4. The molecule has 0 bridgehead atoms. The molecule has 0 radical (unpaired) electrons. The van der Waals surface area contributed by atoms with Crippen LogP contribution in [0.4, 0.5) is 8.78 Å². The minimum absolute atomic E-state index is 0.0792. The lowest BCUT2D eigenvalue weighted by Crippen LogP contribution is -2.10. The van der Waals surface area contributed by atoms with Crippen LogP contribution in [-0.2, 0) is 0 Å². The van der Waals surface area contributed by atoms with Crippen molar-refractivity contribution in [1.29, 1.82) is 10.8 Å². The molecule has 0 spiro atoms. The fraction of sp³-hybridized carbons (Fsp3) is 0.250. The Morgan fingerprint density at radius 2 is 2.00 bits per heavy atom. The first-order valence-electron chi connectivity index (χ1n) is 3.75. The molecule has 14 heavy (non-hydrogen) atoms. The maximum atomic E-state index is 11.9. The van der Waals surface area contributed by atoms with Gasteiger partial charge in [-0.25, -0.2) is 8.78 Å². The van der Waals surface area contributed by atoms with Crippen molar-refractivity contribution < 1.29 is 8.78 Å². The lowest BCUT2D eigenvalue weighted by atomic mass is 10.1. The Kier molecular flexibility index (Phi) is 5.13. The van der Waals surface area contributed by atoms with Crippen molar-refractivity contribution in [2.45, 2.75) is 12.8 Å². The van der Waals surface area contributed by atoms with Gasteiger partial charge in [-0.1, -0.05) is 0 Å². The van der Waals surface area contributed by atoms with E-state index in [1.807, 2.05) is 0 Å². The monoisotopic (exact) mass is 202 g/mol. The molecule has 78 valence electrons. The highest BCUT2D eigenvalue weighted by Gasteiger charge is 2.08. The van der Waals surface area contributed by atoms with Gasteiger partial charge in [0, 0.05) is 18.3 Å². The molecule has 0 heterocycles. The van der Waals surface area contributed by atoms with Crippen LogP contribution >= 0.6 is 0 Å². The second-order valence-electron chi connectivity index (χ2n) is 2.54. The normalized spacial score (nSPS) is 13.1. The number of rotatable bonds is 5. The number of allylic oxidation sites excluding steroid dienone is 2. The topological polar surface area (TPSA) is 99.7 Å². The van der Waals surface area contributed by atoms with Crippen LogP contribution in [0.2, 0.25) is 0 Å². The Bertz CT molecular complexity index is 281. The zero-order chi connectivity index (χ0) is 11.1. The summed E-state index contributed by atoms with van der Waals surface area (Å²) in [6.07, 6.45) is 0.276. The van der Waals surface area contributed by atoms with Gasteiger partial charge >= 0.3 is 0 Å². The second kappa shape index (κ2) is 5.85. The Morgan fingerprint density at radius 3 is 2.36 bits per heavy atom. The minimum Gasteiger partial charge on any atom is -0.404 e. The van der Waals surface area contributed by atoms with Crippen LogP contribution in [0.25, 0.3) is 0 Å². The summed E-state index contributed by atoms with van der Waals surface area (Å²) >= 11 is 0. The van der Waals surface area contributed by atoms with Crippen molar-refractivity contribution in [3.05, 3.63) is 23.5 Å². The molecule has 0 aliphatic carbocycles. The number of hydrogen-bond donors (Lipinski definition) is 4. The summed E-state index contributed by atoms with van der Waals surface area (Å²) in [4.78, 5) is 0. The summed E-state index contributed by atoms with van der Waals surface area (Å²) in [7, 11) is 0. The lowest BCUT2D eigenvalue weighted by Gasteiger charge is -2.02. The molecule has 0 unspecified atom stereocenters. The Labute approximate surface area is 80.3 Å². The summed E-state index contributed by atoms with van der Waals surface area (Å²) in [5.41, 5.74) is 10.1. The largest absolute Gasteiger partial charge is 0.404 e. The highest BCUT2D eigenvalue weighted by Crippen LogP contribution is 2.05. The number of nitrogens with one attached hydrogen (secondary N) is 2. The zero-order valence-electron chi connectivity index (χ0n) is 7.43. The van der Waals surface area contributed by atoms with Gasteiger partial charge in [0.1, 0.15) is 0 Å². The van der Waals surface area contributed by atoms with Gasteiger partial charge in [-0.2, -0.15) is 0 Å². The van der Waals surface area contributed by atoms with E-state index in [0.29, 0.717) is 5.57 Å². The number of nitrogens with two attached hydrogens (primary N) is 2. The third kappa shape index (κ3) is 4.34. The molecule has 0 atom stereocenters. The number of hydrogen-bond acceptors (Lipinski definition) is 4. The van der Waals surface area contributed by atoms with Gasteiger partial charge in [0.05, 0.1) is 5.71 Å². The first-order valence-corrected chi connectivity index (χ1v) is 3.75. The van der Waals surface area contributed by atoms with E-state index in [0.717, 1.165) is 12.3 Å². The summed E-state index contributed by atoms with van der Waals surface area (Å²) in [6, 6.07) is 0. The average Bonchev–Trinajstić information content (AvgIpc) is 2.13. The Hall–Kier alpha value is -1.72. The molecule has 0 aliphatic heterocycles. The van der Waals surface area contributed by atoms with E-state index in [1.165, 1.54) is 6.20 Å². The fourth-order valence-corrected chi connectivity index (χ4v) is 0.708. The van der Waals surface area contributed by atoms with Crippen LogP contribution in [0.3, 0.4) is 0 Å². The van der Waals surface area contributed by atoms with E-state index < -0.39 is 12.1 Å². The molecule has 0 saturated heterocycles. The van der Waals surface area contributed by atoms with Crippen molar-refractivity contribution in [2.75, 3.05) is 0 Å². The highest BCUT2D eigenvalue weighted by molar-refractivity contribution is 5.95. The van der Waals surface area contributed by atoms with Gasteiger partial charge in [0.25, 0.3) is 6.43 Å². The first kappa shape index (κ1) is 12.3. The molecule has 0 fully saturated rings. The van der Waals surface area contributed by atoms with Gasteiger partial charge in [-0.05, 0) is 17.8 Å². The van der Waals surface area contributed by atoms with E-state index in [1.54, 1.807) is 0 Å². The predicted octanol–water partition coefficient (Wildman–Crippen LogP) is 0.996. The average molecular weight is 202 g/mol. The molecule has 4 nitrogen and oxygen atoms in total. The highest BCUT2D eigenvalue weighted by atomic mass is 19.3. The molecule has 0 aliphatic rings. The molecule has 0 amide bonds. The van der Waals surface area contributed by atoms with Crippen LogP contribution < -0.4 is 11.5 Å². The van der Waals surface area contributed by atoms with Crippen molar-refractivity contribution in [3.63, 3.8) is 0 Å². The van der Waals surface area contributed by atoms with Gasteiger partial charge < -0.3 is 16.9 Å². The minimum atomic E-state index is -2.83. The zero-order valence-corrected chi connectivity index (χ0v) is 7.43. The quantitative estimate of drug-likeness (QED) is 0.500. The molecule has 0 aromatic carbocycles. The SMILES string of the molecule is N=C/C(=C\N)C/C(N)=C/C(=N)C(F)F. The lowest BCUT2D eigenvalue weighted by molar-refractivity contribution is 0.226. The van der Waals surface area contributed by atoms with E-state index in [4.69, 9.17) is 22.3 Å². The van der Waals surface area contributed by atoms with Crippen LogP contribution in [0.5, 0.6) is 0 Å². The van der Waals surface area contributed by atoms with Crippen LogP contribution in [0.1, 0.15) is 6.42 Å². The van der Waals surface area contributed by atoms with Gasteiger partial charge in [0.15, 0.2) is 0 Å². The van der Waals surface area contributed by atoms with Crippen LogP contribution in [0, 0.1) is 10.8 Å². The van der Waals surface area contributed by atoms with E-state index >= 15 is 0 Å². The number of alkyl halides is 2. The molecule has 6 N–H and O–H groups in total. The standard InChI is InChI=1S/C8H12F2N4/c9-8(10)7(14)2-6(13)1-5(3-11)4-12/h2-4,8,11,14H,1,12-13H2/b5-4-,6-2-,11-3?,14-7?. The van der Waals surface area contributed by atoms with Crippen molar-refractivity contribution in [3.8, 4) is 0 Å². The third-order valence-corrected chi connectivity index (χ3v) is 1.38. The first-order chi connectivity index (χ1) is 6.51. The molecule has 6 heteroatoms. The van der Waals surface area contributed by atoms with Gasteiger partial charge in [0.2, 0.25) is 0 Å². The number of halogens is 2. The second-order valence-corrected chi connectivity index (χ2v) is 2.54. The summed E-state index contributed by atoms with van der Waals surface area (Å²) in [5, 5.41) is 13.7. The van der Waals surface area contributed by atoms with Crippen molar-refractivity contribution in [1.82, 2.24) is 0 Å². The smallest absolute Gasteiger partial charge is 0.279 e.